The molecule has 0 bridgehead atoms. The molecule has 0 radical (unpaired) electrons. The van der Waals surface area contributed by atoms with Crippen LogP contribution in [0.3, 0.4) is 0 Å². The van der Waals surface area contributed by atoms with Gasteiger partial charge in [0.2, 0.25) is 10.0 Å². The molecule has 42 heavy (non-hydrogen) atoms. The Bertz CT molecular complexity index is 1550. The second-order valence-electron chi connectivity index (χ2n) is 10.1. The van der Waals surface area contributed by atoms with Crippen LogP contribution in [0.5, 0.6) is 5.75 Å². The summed E-state index contributed by atoms with van der Waals surface area (Å²) in [6.07, 6.45) is -7.14. The molecule has 2 heterocycles. The minimum Gasteiger partial charge on any atom is -0.428 e. The van der Waals surface area contributed by atoms with Crippen LogP contribution in [0.25, 0.3) is 6.08 Å². The highest BCUT2D eigenvalue weighted by Crippen LogP contribution is 2.34. The van der Waals surface area contributed by atoms with Crippen LogP contribution in [0.15, 0.2) is 46.8 Å². The Kier molecular flexibility index (Phi) is 8.38. The molecule has 4 rings (SSSR count). The molecule has 3 amide bonds. The van der Waals surface area contributed by atoms with Gasteiger partial charge >= 0.3 is 18.6 Å². The zero-order valence-corrected chi connectivity index (χ0v) is 23.7. The summed E-state index contributed by atoms with van der Waals surface area (Å²) >= 11 is 0. The lowest BCUT2D eigenvalue weighted by Gasteiger charge is -2.34. The Morgan fingerprint density at radius 3 is 2.38 bits per heavy atom. The fourth-order valence-electron chi connectivity index (χ4n) is 4.79. The van der Waals surface area contributed by atoms with E-state index in [1.165, 1.54) is 34.5 Å². The first-order valence-electron chi connectivity index (χ1n) is 12.7. The lowest BCUT2D eigenvalue weighted by molar-refractivity contribution is -0.253. The molecule has 0 unspecified atom stereocenters. The number of anilines is 1. The number of carbonyl (C=O) groups excluding carboxylic acids is 2. The van der Waals surface area contributed by atoms with Crippen molar-refractivity contribution in [2.45, 2.75) is 44.8 Å². The maximum Gasteiger partial charge on any atom is 0.461 e. The Morgan fingerprint density at radius 2 is 1.81 bits per heavy atom. The van der Waals surface area contributed by atoms with Gasteiger partial charge < -0.3 is 15.8 Å². The number of aliphatic imine (C=N–C) groups is 1. The van der Waals surface area contributed by atoms with Crippen molar-refractivity contribution in [3.8, 4) is 5.75 Å². The molecule has 0 aliphatic carbocycles. The van der Waals surface area contributed by atoms with Crippen molar-refractivity contribution in [2.24, 2.45) is 10.7 Å². The summed E-state index contributed by atoms with van der Waals surface area (Å²) in [4.78, 5) is 30.1. The van der Waals surface area contributed by atoms with Gasteiger partial charge in [-0.2, -0.15) is 21.9 Å². The van der Waals surface area contributed by atoms with Crippen molar-refractivity contribution >= 4 is 39.6 Å². The summed E-state index contributed by atoms with van der Waals surface area (Å²) in [5, 5.41) is 3.67. The van der Waals surface area contributed by atoms with Crippen molar-refractivity contribution in [1.82, 2.24) is 9.62 Å². The molecular formula is C27H29F4N5O5S. The van der Waals surface area contributed by atoms with Crippen LogP contribution in [0, 0.1) is 13.8 Å². The van der Waals surface area contributed by atoms with Gasteiger partial charge in [-0.1, -0.05) is 12.1 Å². The third-order valence-corrected chi connectivity index (χ3v) is 8.77. The topological polar surface area (TPSA) is 134 Å². The first-order chi connectivity index (χ1) is 19.5. The van der Waals surface area contributed by atoms with Crippen molar-refractivity contribution < 1.29 is 40.3 Å². The van der Waals surface area contributed by atoms with Gasteiger partial charge in [0, 0.05) is 36.8 Å². The number of nitrogens with one attached hydrogen (secondary N) is 1. The van der Waals surface area contributed by atoms with Gasteiger partial charge in [-0.25, -0.2) is 13.2 Å². The number of piperidine rings is 1. The van der Waals surface area contributed by atoms with E-state index < -0.39 is 45.8 Å². The van der Waals surface area contributed by atoms with Crippen molar-refractivity contribution in [2.75, 3.05) is 25.0 Å². The minimum absolute atomic E-state index is 0.0130. The summed E-state index contributed by atoms with van der Waals surface area (Å²) < 4.78 is 83.3. The number of hydrogen-bond acceptors (Lipinski definition) is 6. The highest BCUT2D eigenvalue weighted by atomic mass is 32.2. The molecule has 2 aromatic carbocycles. The summed E-state index contributed by atoms with van der Waals surface area (Å²) in [6.45, 7) is 3.54. The van der Waals surface area contributed by atoms with Crippen LogP contribution >= 0.6 is 0 Å². The van der Waals surface area contributed by atoms with Crippen molar-refractivity contribution in [3.63, 3.8) is 0 Å². The largest absolute Gasteiger partial charge is 0.461 e. The molecular weight excluding hydrogens is 582 g/mol. The predicted molar refractivity (Wildman–Crippen MR) is 148 cm³/mol. The number of halogens is 4. The zero-order chi connectivity index (χ0) is 31.0. The van der Waals surface area contributed by atoms with Crippen LogP contribution < -0.4 is 20.7 Å². The average molecular weight is 612 g/mol. The normalized spacial score (nSPS) is 17.5. The fraction of sp³-hybridized carbons (Fsp3) is 0.370. The van der Waals surface area contributed by atoms with Gasteiger partial charge in [0.05, 0.1) is 0 Å². The molecule has 1 spiro atoms. The summed E-state index contributed by atoms with van der Waals surface area (Å²) in [5.74, 6) is -0.983. The monoisotopic (exact) mass is 611 g/mol. The summed E-state index contributed by atoms with van der Waals surface area (Å²) in [6, 6.07) is 7.66. The Morgan fingerprint density at radius 1 is 1.19 bits per heavy atom. The molecule has 226 valence electrons. The number of sulfonamides is 1. The highest BCUT2D eigenvalue weighted by Gasteiger charge is 2.48. The summed E-state index contributed by atoms with van der Waals surface area (Å²) in [7, 11) is -2.35. The standard InChI is InChI=1S/C27H29F4N5O5S/c1-16-13-19(35(3)25(32)38)14-17(2)21(16)7-12-42(39,40)36-10-8-26(9-11-36)24(37)33-22(34-26)18-5-4-6-20(15-18)41-27(30,31)23(28)29/h4-7,12-15,23H,8-11H2,1-3H3,(H2,32,38)(H,33,34,37). The number of urea groups is 1. The van der Waals surface area contributed by atoms with Crippen LogP contribution in [-0.4, -0.2) is 68.7 Å². The van der Waals surface area contributed by atoms with Crippen LogP contribution in [0.2, 0.25) is 0 Å². The van der Waals surface area contributed by atoms with Gasteiger partial charge in [0.25, 0.3) is 5.91 Å². The van der Waals surface area contributed by atoms with E-state index in [1.54, 1.807) is 26.0 Å². The summed E-state index contributed by atoms with van der Waals surface area (Å²) in [5.41, 5.74) is 6.93. The number of hydrogen-bond donors (Lipinski definition) is 2. The molecule has 15 heteroatoms. The third-order valence-electron chi connectivity index (χ3n) is 7.21. The second-order valence-corrected chi connectivity index (χ2v) is 11.9. The maximum atomic E-state index is 13.3. The van der Waals surface area contributed by atoms with Gasteiger partial charge in [-0.05, 0) is 73.7 Å². The predicted octanol–water partition coefficient (Wildman–Crippen LogP) is 3.77. The quantitative estimate of drug-likeness (QED) is 0.439. The van der Waals surface area contributed by atoms with Crippen molar-refractivity contribution in [3.05, 3.63) is 64.1 Å². The number of amides is 3. The molecule has 1 saturated heterocycles. The number of ether oxygens (including phenoxy) is 1. The van der Waals surface area contributed by atoms with Crippen LogP contribution in [0.1, 0.15) is 35.1 Å². The lowest BCUT2D eigenvalue weighted by Crippen LogP contribution is -2.50. The van der Waals surface area contributed by atoms with E-state index >= 15 is 0 Å². The Labute approximate surface area is 239 Å². The molecule has 2 aliphatic rings. The second kappa shape index (κ2) is 11.4. The van der Waals surface area contributed by atoms with Gasteiger partial charge in [-0.15, -0.1) is 0 Å². The molecule has 1 fully saturated rings. The third kappa shape index (κ3) is 6.26. The van der Waals surface area contributed by atoms with Gasteiger partial charge in [0.1, 0.15) is 17.1 Å². The van der Waals surface area contributed by atoms with E-state index in [2.05, 4.69) is 15.0 Å². The highest BCUT2D eigenvalue weighted by molar-refractivity contribution is 7.92. The molecule has 0 atom stereocenters. The smallest absolute Gasteiger partial charge is 0.428 e. The lowest BCUT2D eigenvalue weighted by atomic mass is 9.89. The number of aryl methyl sites for hydroxylation is 2. The number of carbonyl (C=O) groups is 2. The van der Waals surface area contributed by atoms with Gasteiger partial charge in [-0.3, -0.25) is 14.7 Å². The number of amidine groups is 1. The molecule has 2 aliphatic heterocycles. The minimum atomic E-state index is -4.70. The van der Waals surface area contributed by atoms with Crippen molar-refractivity contribution in [1.29, 1.82) is 0 Å². The first-order valence-corrected chi connectivity index (χ1v) is 14.2. The first kappa shape index (κ1) is 31.0. The fourth-order valence-corrected chi connectivity index (χ4v) is 5.96. The van der Waals surface area contributed by atoms with E-state index in [0.717, 1.165) is 28.7 Å². The maximum absolute atomic E-state index is 13.3. The number of primary amides is 1. The van der Waals surface area contributed by atoms with E-state index in [1.807, 2.05) is 0 Å². The molecule has 0 saturated carbocycles. The zero-order valence-electron chi connectivity index (χ0n) is 22.9. The van der Waals surface area contributed by atoms with E-state index in [-0.39, 0.29) is 37.3 Å². The average Bonchev–Trinajstić information content (AvgIpc) is 3.22. The van der Waals surface area contributed by atoms with Gasteiger partial charge in [0.15, 0.2) is 0 Å². The molecule has 2 aromatic rings. The molecule has 3 N–H and O–H groups in total. The van der Waals surface area contributed by atoms with E-state index in [0.29, 0.717) is 11.3 Å². The SMILES string of the molecule is Cc1cc(N(C)C(N)=O)cc(C)c1C=CS(=O)(=O)N1CCC2(CC1)N=C(c1cccc(OC(F)(F)C(F)F)c1)NC2=O. The van der Waals surface area contributed by atoms with E-state index in [9.17, 15) is 35.6 Å². The van der Waals surface area contributed by atoms with Crippen LogP contribution in [0.4, 0.5) is 28.0 Å². The molecule has 10 nitrogen and oxygen atoms in total. The Hall–Kier alpha value is -3.98. The number of rotatable bonds is 8. The Balaban J connectivity index is 1.47. The number of benzene rings is 2. The number of nitrogens with zero attached hydrogens (tertiary/aromatic N) is 3. The molecule has 0 aromatic heterocycles. The van der Waals surface area contributed by atoms with Crippen LogP contribution in [-0.2, 0) is 14.8 Å². The number of nitrogens with two attached hydrogens (primary N) is 1. The van der Waals surface area contributed by atoms with E-state index in [4.69, 9.17) is 5.73 Å². The number of alkyl halides is 4.